The van der Waals surface area contributed by atoms with Crippen LogP contribution >= 0.6 is 0 Å². The van der Waals surface area contributed by atoms with Crippen molar-refractivity contribution in [3.05, 3.63) is 90.0 Å². The smallest absolute Gasteiger partial charge is 0.254 e. The average molecular weight is 443 g/mol. The van der Waals surface area contributed by atoms with Crippen LogP contribution in [0.25, 0.3) is 0 Å². The molecule has 170 valence electrons. The minimum atomic E-state index is -0.0620. The molecule has 0 spiro atoms. The van der Waals surface area contributed by atoms with Crippen molar-refractivity contribution in [2.24, 2.45) is 0 Å². The van der Waals surface area contributed by atoms with Crippen molar-refractivity contribution in [1.29, 1.82) is 0 Å². The van der Waals surface area contributed by atoms with E-state index >= 15 is 0 Å². The summed E-state index contributed by atoms with van der Waals surface area (Å²) in [4.78, 5) is 20.0. The first-order valence-corrected chi connectivity index (χ1v) is 11.6. The standard InChI is InChI=1S/C27H30N4O2/c32-23-12-10-22(11-13-23)30-17-14-29(15-18-30)16-19-31-25-9-5-4-8-24(25)27(33)28-26(31)20-21-6-2-1-3-7-21/h1-13,26,32H,14-20H2,(H,28,33). The molecule has 0 radical (unpaired) electrons. The Labute approximate surface area is 195 Å². The summed E-state index contributed by atoms with van der Waals surface area (Å²) < 4.78 is 0. The number of aromatic hydroxyl groups is 1. The van der Waals surface area contributed by atoms with E-state index in [-0.39, 0.29) is 12.1 Å². The number of para-hydroxylation sites is 1. The SMILES string of the molecule is O=C1NC(Cc2ccccc2)N(CCN2CCN(c3ccc(O)cc3)CC2)c2ccccc21. The molecule has 3 aromatic rings. The number of phenolic OH excluding ortho intramolecular Hbond substituents is 1. The number of phenols is 1. The molecule has 1 amide bonds. The summed E-state index contributed by atoms with van der Waals surface area (Å²) in [5, 5.41) is 12.8. The predicted octanol–water partition coefficient (Wildman–Crippen LogP) is 3.33. The molecule has 6 nitrogen and oxygen atoms in total. The summed E-state index contributed by atoms with van der Waals surface area (Å²) >= 11 is 0. The molecule has 6 heteroatoms. The lowest BCUT2D eigenvalue weighted by atomic mass is 10.0. The number of fused-ring (bicyclic) bond motifs is 1. The second kappa shape index (κ2) is 9.55. The molecule has 3 aromatic carbocycles. The van der Waals surface area contributed by atoms with E-state index in [4.69, 9.17) is 0 Å². The van der Waals surface area contributed by atoms with E-state index in [1.807, 2.05) is 48.5 Å². The molecule has 0 aliphatic carbocycles. The Hall–Kier alpha value is -3.51. The van der Waals surface area contributed by atoms with Crippen molar-refractivity contribution < 1.29 is 9.90 Å². The second-order valence-electron chi connectivity index (χ2n) is 8.73. The van der Waals surface area contributed by atoms with Crippen molar-refractivity contribution in [3.63, 3.8) is 0 Å². The number of hydrogen-bond donors (Lipinski definition) is 2. The summed E-state index contributed by atoms with van der Waals surface area (Å²) in [5.41, 5.74) is 4.14. The molecule has 2 aliphatic heterocycles. The predicted molar refractivity (Wildman–Crippen MR) is 132 cm³/mol. The molecule has 2 N–H and O–H groups in total. The van der Waals surface area contributed by atoms with Gasteiger partial charge in [-0.15, -0.1) is 0 Å². The number of anilines is 2. The quantitative estimate of drug-likeness (QED) is 0.613. The number of carbonyl (C=O) groups is 1. The molecule has 1 saturated heterocycles. The number of nitrogens with one attached hydrogen (secondary N) is 1. The molecule has 2 heterocycles. The molecule has 0 saturated carbocycles. The van der Waals surface area contributed by atoms with E-state index in [1.54, 1.807) is 12.1 Å². The third-order valence-electron chi connectivity index (χ3n) is 6.65. The van der Waals surface area contributed by atoms with Crippen LogP contribution in [0.1, 0.15) is 15.9 Å². The Morgan fingerprint density at radius 2 is 1.52 bits per heavy atom. The largest absolute Gasteiger partial charge is 0.508 e. The van der Waals surface area contributed by atoms with Gasteiger partial charge in [-0.25, -0.2) is 0 Å². The van der Waals surface area contributed by atoms with E-state index in [0.29, 0.717) is 5.75 Å². The fourth-order valence-electron chi connectivity index (χ4n) is 4.81. The normalized spacial score (nSPS) is 18.7. The summed E-state index contributed by atoms with van der Waals surface area (Å²) in [6.45, 7) is 5.71. The van der Waals surface area contributed by atoms with Gasteiger partial charge in [-0.05, 0) is 42.0 Å². The zero-order valence-electron chi connectivity index (χ0n) is 18.7. The number of hydrogen-bond acceptors (Lipinski definition) is 5. The maximum absolute atomic E-state index is 12.8. The number of benzene rings is 3. The van der Waals surface area contributed by atoms with Crippen LogP contribution in [0.2, 0.25) is 0 Å². The van der Waals surface area contributed by atoms with Crippen molar-refractivity contribution in [2.45, 2.75) is 12.6 Å². The number of nitrogens with zero attached hydrogens (tertiary/aromatic N) is 3. The Balaban J connectivity index is 1.26. The van der Waals surface area contributed by atoms with Gasteiger partial charge in [-0.2, -0.15) is 0 Å². The lowest BCUT2D eigenvalue weighted by Gasteiger charge is -2.41. The monoisotopic (exact) mass is 442 g/mol. The molecule has 0 bridgehead atoms. The van der Waals surface area contributed by atoms with Crippen LogP contribution < -0.4 is 15.1 Å². The number of rotatable bonds is 6. The molecule has 2 aliphatic rings. The molecule has 1 fully saturated rings. The van der Waals surface area contributed by atoms with E-state index in [9.17, 15) is 9.90 Å². The maximum atomic E-state index is 12.8. The van der Waals surface area contributed by atoms with Crippen LogP contribution in [0.15, 0.2) is 78.9 Å². The average Bonchev–Trinajstić information content (AvgIpc) is 2.85. The summed E-state index contributed by atoms with van der Waals surface area (Å²) in [7, 11) is 0. The first kappa shape index (κ1) is 21.3. The molecular formula is C27H30N4O2. The highest BCUT2D eigenvalue weighted by Crippen LogP contribution is 2.27. The Kier molecular flexibility index (Phi) is 6.17. The molecular weight excluding hydrogens is 412 g/mol. The molecule has 1 atom stereocenters. The highest BCUT2D eigenvalue weighted by Gasteiger charge is 2.31. The first-order valence-electron chi connectivity index (χ1n) is 11.6. The van der Waals surface area contributed by atoms with E-state index in [2.05, 4.69) is 38.2 Å². The third-order valence-corrected chi connectivity index (χ3v) is 6.65. The van der Waals surface area contributed by atoms with Crippen molar-refractivity contribution in [3.8, 4) is 5.75 Å². The fraction of sp³-hybridized carbons (Fsp3) is 0.296. The van der Waals surface area contributed by atoms with Crippen molar-refractivity contribution >= 4 is 17.3 Å². The van der Waals surface area contributed by atoms with Crippen molar-refractivity contribution in [1.82, 2.24) is 10.2 Å². The highest BCUT2D eigenvalue weighted by atomic mass is 16.3. The first-order chi connectivity index (χ1) is 16.2. The second-order valence-corrected chi connectivity index (χ2v) is 8.73. The van der Waals surface area contributed by atoms with Gasteiger partial charge in [0.2, 0.25) is 0 Å². The van der Waals surface area contributed by atoms with Gasteiger partial charge in [0.15, 0.2) is 0 Å². The molecule has 1 unspecified atom stereocenters. The van der Waals surface area contributed by atoms with Gasteiger partial charge < -0.3 is 20.2 Å². The number of carbonyl (C=O) groups excluding carboxylic acids is 1. The van der Waals surface area contributed by atoms with Gasteiger partial charge in [0.05, 0.1) is 11.3 Å². The third kappa shape index (κ3) is 4.81. The number of amides is 1. The van der Waals surface area contributed by atoms with Crippen LogP contribution in [-0.4, -0.2) is 61.3 Å². The van der Waals surface area contributed by atoms with Gasteiger partial charge in [0, 0.05) is 51.4 Å². The summed E-state index contributed by atoms with van der Waals surface area (Å²) in [6, 6.07) is 25.7. The number of piperazine rings is 1. The van der Waals surface area contributed by atoms with Crippen LogP contribution in [0.3, 0.4) is 0 Å². The fourth-order valence-corrected chi connectivity index (χ4v) is 4.81. The molecule has 0 aromatic heterocycles. The maximum Gasteiger partial charge on any atom is 0.254 e. The lowest BCUT2D eigenvalue weighted by Crippen LogP contribution is -2.56. The zero-order chi connectivity index (χ0) is 22.6. The van der Waals surface area contributed by atoms with Gasteiger partial charge in [-0.1, -0.05) is 42.5 Å². The van der Waals surface area contributed by atoms with E-state index in [1.165, 1.54) is 5.56 Å². The molecule has 33 heavy (non-hydrogen) atoms. The van der Waals surface area contributed by atoms with Gasteiger partial charge in [0.25, 0.3) is 5.91 Å². The van der Waals surface area contributed by atoms with Crippen LogP contribution in [0.5, 0.6) is 5.75 Å². The van der Waals surface area contributed by atoms with Crippen molar-refractivity contribution in [2.75, 3.05) is 49.1 Å². The van der Waals surface area contributed by atoms with Gasteiger partial charge in [-0.3, -0.25) is 9.69 Å². The Morgan fingerprint density at radius 3 is 2.27 bits per heavy atom. The molecule has 5 rings (SSSR count). The van der Waals surface area contributed by atoms with Crippen LogP contribution in [0.4, 0.5) is 11.4 Å². The highest BCUT2D eigenvalue weighted by molar-refractivity contribution is 6.02. The topological polar surface area (TPSA) is 59.1 Å². The minimum absolute atomic E-state index is 0.00490. The lowest BCUT2D eigenvalue weighted by molar-refractivity contribution is 0.0925. The zero-order valence-corrected chi connectivity index (χ0v) is 18.7. The summed E-state index contributed by atoms with van der Waals surface area (Å²) in [6.07, 6.45) is 0.711. The Bertz CT molecular complexity index is 1080. The minimum Gasteiger partial charge on any atom is -0.508 e. The van der Waals surface area contributed by atoms with E-state index < -0.39 is 0 Å². The van der Waals surface area contributed by atoms with Crippen LogP contribution in [-0.2, 0) is 6.42 Å². The van der Waals surface area contributed by atoms with E-state index in [0.717, 1.165) is 62.6 Å². The summed E-state index contributed by atoms with van der Waals surface area (Å²) in [5.74, 6) is 0.307. The Morgan fingerprint density at radius 1 is 0.818 bits per heavy atom. The van der Waals surface area contributed by atoms with Gasteiger partial charge in [0.1, 0.15) is 11.9 Å². The van der Waals surface area contributed by atoms with Crippen LogP contribution in [0, 0.1) is 0 Å². The van der Waals surface area contributed by atoms with Gasteiger partial charge >= 0.3 is 0 Å².